The summed E-state index contributed by atoms with van der Waals surface area (Å²) in [5.41, 5.74) is 1.75. The first-order chi connectivity index (χ1) is 9.45. The zero-order chi connectivity index (χ0) is 14.7. The van der Waals surface area contributed by atoms with Gasteiger partial charge >= 0.3 is 0 Å². The van der Waals surface area contributed by atoms with E-state index < -0.39 is 5.82 Å². The SMILES string of the molecule is Cc1ccc(NC(=O)Cc2csc(C(C)C)n2)c(F)c1. The van der Waals surface area contributed by atoms with Crippen LogP contribution in [0.3, 0.4) is 0 Å². The molecule has 0 spiro atoms. The van der Waals surface area contributed by atoms with Gasteiger partial charge in [-0.25, -0.2) is 9.37 Å². The predicted octanol–water partition coefficient (Wildman–Crippen LogP) is 3.90. The number of aryl methyl sites for hydroxylation is 1. The molecule has 0 radical (unpaired) electrons. The average Bonchev–Trinajstić information content (AvgIpc) is 2.81. The van der Waals surface area contributed by atoms with E-state index in [1.54, 1.807) is 30.4 Å². The molecule has 0 saturated heterocycles. The Morgan fingerprint density at radius 3 is 2.80 bits per heavy atom. The number of carbonyl (C=O) groups is 1. The van der Waals surface area contributed by atoms with Crippen molar-refractivity contribution in [3.8, 4) is 0 Å². The van der Waals surface area contributed by atoms with Crippen LogP contribution in [0.1, 0.15) is 36.0 Å². The van der Waals surface area contributed by atoms with Crippen molar-refractivity contribution in [2.45, 2.75) is 33.1 Å². The van der Waals surface area contributed by atoms with Crippen molar-refractivity contribution in [1.82, 2.24) is 4.98 Å². The standard InChI is InChI=1S/C15H17FN2OS/c1-9(2)15-17-11(8-20-15)7-14(19)18-13-5-4-10(3)6-12(13)16/h4-6,8-9H,7H2,1-3H3,(H,18,19). The van der Waals surface area contributed by atoms with Gasteiger partial charge in [0, 0.05) is 11.3 Å². The predicted molar refractivity (Wildman–Crippen MR) is 79.7 cm³/mol. The maximum absolute atomic E-state index is 13.6. The minimum atomic E-state index is -0.417. The minimum Gasteiger partial charge on any atom is -0.323 e. The molecule has 0 aliphatic rings. The summed E-state index contributed by atoms with van der Waals surface area (Å²) in [6, 6.07) is 4.73. The number of aromatic nitrogens is 1. The van der Waals surface area contributed by atoms with Gasteiger partial charge in [-0.2, -0.15) is 0 Å². The summed E-state index contributed by atoms with van der Waals surface area (Å²) in [5, 5.41) is 5.46. The fourth-order valence-electron chi connectivity index (χ4n) is 1.75. The van der Waals surface area contributed by atoms with Crippen LogP contribution in [-0.2, 0) is 11.2 Å². The molecular formula is C15H17FN2OS. The van der Waals surface area contributed by atoms with Crippen molar-refractivity contribution in [2.75, 3.05) is 5.32 Å². The lowest BCUT2D eigenvalue weighted by molar-refractivity contribution is -0.115. The largest absolute Gasteiger partial charge is 0.323 e. The number of nitrogens with one attached hydrogen (secondary N) is 1. The van der Waals surface area contributed by atoms with Gasteiger partial charge in [0.15, 0.2) is 0 Å². The van der Waals surface area contributed by atoms with Gasteiger partial charge in [-0.1, -0.05) is 19.9 Å². The van der Waals surface area contributed by atoms with E-state index in [1.807, 2.05) is 5.38 Å². The molecule has 106 valence electrons. The fourth-order valence-corrected chi connectivity index (χ4v) is 2.58. The Bertz CT molecular complexity index is 622. The van der Waals surface area contributed by atoms with Crippen molar-refractivity contribution in [3.05, 3.63) is 45.7 Å². The second-order valence-electron chi connectivity index (χ2n) is 5.04. The Morgan fingerprint density at radius 1 is 1.45 bits per heavy atom. The van der Waals surface area contributed by atoms with Gasteiger partial charge in [-0.05, 0) is 24.6 Å². The molecule has 0 fully saturated rings. The molecule has 1 amide bonds. The highest BCUT2D eigenvalue weighted by Crippen LogP contribution is 2.20. The average molecular weight is 292 g/mol. The number of carbonyl (C=O) groups excluding carboxylic acids is 1. The molecule has 0 unspecified atom stereocenters. The number of nitrogens with zero attached hydrogens (tertiary/aromatic N) is 1. The number of rotatable bonds is 4. The summed E-state index contributed by atoms with van der Waals surface area (Å²) in [6.45, 7) is 5.92. The summed E-state index contributed by atoms with van der Waals surface area (Å²) in [7, 11) is 0. The third-order valence-electron chi connectivity index (χ3n) is 2.80. The van der Waals surface area contributed by atoms with Gasteiger partial charge in [0.2, 0.25) is 5.91 Å². The highest BCUT2D eigenvalue weighted by Gasteiger charge is 2.11. The van der Waals surface area contributed by atoms with Crippen molar-refractivity contribution >= 4 is 22.9 Å². The maximum Gasteiger partial charge on any atom is 0.230 e. The van der Waals surface area contributed by atoms with Crippen LogP contribution >= 0.6 is 11.3 Å². The summed E-state index contributed by atoms with van der Waals surface area (Å²) < 4.78 is 13.6. The van der Waals surface area contributed by atoms with Crippen LogP contribution in [0, 0.1) is 12.7 Å². The third-order valence-corrected chi connectivity index (χ3v) is 4.00. The summed E-state index contributed by atoms with van der Waals surface area (Å²) in [6.07, 6.45) is 0.163. The number of thiazole rings is 1. The van der Waals surface area contributed by atoms with Crippen molar-refractivity contribution < 1.29 is 9.18 Å². The molecule has 1 heterocycles. The first-order valence-electron chi connectivity index (χ1n) is 6.46. The lowest BCUT2D eigenvalue weighted by Crippen LogP contribution is -2.15. The Kier molecular flexibility index (Phi) is 4.49. The Labute approximate surface area is 121 Å². The van der Waals surface area contributed by atoms with Gasteiger partial charge in [0.25, 0.3) is 0 Å². The van der Waals surface area contributed by atoms with E-state index in [9.17, 15) is 9.18 Å². The normalized spacial score (nSPS) is 10.8. The minimum absolute atomic E-state index is 0.163. The van der Waals surface area contributed by atoms with Crippen LogP contribution in [0.25, 0.3) is 0 Å². The number of amides is 1. The van der Waals surface area contributed by atoms with Crippen LogP contribution < -0.4 is 5.32 Å². The van der Waals surface area contributed by atoms with E-state index in [2.05, 4.69) is 24.1 Å². The van der Waals surface area contributed by atoms with Crippen molar-refractivity contribution in [2.24, 2.45) is 0 Å². The highest BCUT2D eigenvalue weighted by molar-refractivity contribution is 7.09. The molecule has 0 saturated carbocycles. The van der Waals surface area contributed by atoms with Crippen LogP contribution in [0.2, 0.25) is 0 Å². The smallest absolute Gasteiger partial charge is 0.230 e. The third kappa shape index (κ3) is 3.63. The zero-order valence-electron chi connectivity index (χ0n) is 11.7. The van der Waals surface area contributed by atoms with Gasteiger partial charge < -0.3 is 5.32 Å². The molecule has 0 aliphatic heterocycles. The zero-order valence-corrected chi connectivity index (χ0v) is 12.6. The molecule has 1 aromatic heterocycles. The molecule has 0 bridgehead atoms. The molecule has 5 heteroatoms. The van der Waals surface area contributed by atoms with Crippen molar-refractivity contribution in [3.63, 3.8) is 0 Å². The van der Waals surface area contributed by atoms with E-state index in [0.29, 0.717) is 5.92 Å². The van der Waals surface area contributed by atoms with Crippen LogP contribution in [0.5, 0.6) is 0 Å². The fraction of sp³-hybridized carbons (Fsp3) is 0.333. The number of benzene rings is 1. The lowest BCUT2D eigenvalue weighted by Gasteiger charge is -2.06. The molecule has 0 aliphatic carbocycles. The number of hydrogen-bond donors (Lipinski definition) is 1. The maximum atomic E-state index is 13.6. The Balaban J connectivity index is 2.01. The van der Waals surface area contributed by atoms with Gasteiger partial charge in [-0.3, -0.25) is 4.79 Å². The second-order valence-corrected chi connectivity index (χ2v) is 5.93. The van der Waals surface area contributed by atoms with Crippen LogP contribution in [0.15, 0.2) is 23.6 Å². The van der Waals surface area contributed by atoms with Gasteiger partial charge in [0.1, 0.15) is 5.82 Å². The Morgan fingerprint density at radius 2 is 2.20 bits per heavy atom. The first-order valence-corrected chi connectivity index (χ1v) is 7.34. The van der Waals surface area contributed by atoms with E-state index in [0.717, 1.165) is 16.3 Å². The van der Waals surface area contributed by atoms with Crippen LogP contribution in [-0.4, -0.2) is 10.9 Å². The van der Waals surface area contributed by atoms with E-state index in [4.69, 9.17) is 0 Å². The summed E-state index contributed by atoms with van der Waals surface area (Å²) in [5.74, 6) is -0.320. The summed E-state index contributed by atoms with van der Waals surface area (Å²) in [4.78, 5) is 16.3. The molecule has 2 rings (SSSR count). The topological polar surface area (TPSA) is 42.0 Å². The molecule has 1 N–H and O–H groups in total. The highest BCUT2D eigenvalue weighted by atomic mass is 32.1. The van der Waals surface area contributed by atoms with E-state index >= 15 is 0 Å². The molecular weight excluding hydrogens is 275 g/mol. The molecule has 2 aromatic rings. The lowest BCUT2D eigenvalue weighted by atomic mass is 10.2. The molecule has 20 heavy (non-hydrogen) atoms. The van der Waals surface area contributed by atoms with Gasteiger partial charge in [0.05, 0.1) is 22.8 Å². The summed E-state index contributed by atoms with van der Waals surface area (Å²) >= 11 is 1.55. The quantitative estimate of drug-likeness (QED) is 0.928. The number of hydrogen-bond acceptors (Lipinski definition) is 3. The second kappa shape index (κ2) is 6.13. The number of anilines is 1. The van der Waals surface area contributed by atoms with E-state index in [1.165, 1.54) is 6.07 Å². The molecule has 3 nitrogen and oxygen atoms in total. The van der Waals surface area contributed by atoms with Gasteiger partial charge in [-0.15, -0.1) is 11.3 Å². The first kappa shape index (κ1) is 14.7. The monoisotopic (exact) mass is 292 g/mol. The Hall–Kier alpha value is -1.75. The molecule has 0 atom stereocenters. The van der Waals surface area contributed by atoms with E-state index in [-0.39, 0.29) is 18.0 Å². The van der Waals surface area contributed by atoms with Crippen molar-refractivity contribution in [1.29, 1.82) is 0 Å². The number of halogens is 1. The molecule has 1 aromatic carbocycles. The van der Waals surface area contributed by atoms with Crippen LogP contribution in [0.4, 0.5) is 10.1 Å².